The van der Waals surface area contributed by atoms with Crippen LogP contribution in [0.5, 0.6) is 0 Å². The maximum atomic E-state index is 10.2. The molecule has 96 valence electrons. The summed E-state index contributed by atoms with van der Waals surface area (Å²) in [6, 6.07) is 9.84. The molecule has 0 aliphatic carbocycles. The molecule has 0 heterocycles. The van der Waals surface area contributed by atoms with Crippen LogP contribution in [0.15, 0.2) is 30.3 Å². The first-order chi connectivity index (χ1) is 7.79. The smallest absolute Gasteiger partial charge is 0.111 e. The number of benzene rings is 1. The van der Waals surface area contributed by atoms with Gasteiger partial charge in [-0.15, -0.1) is 0 Å². The molecule has 1 N–H and O–H groups in total. The molecule has 0 saturated heterocycles. The van der Waals surface area contributed by atoms with Crippen LogP contribution < -0.4 is 0 Å². The van der Waals surface area contributed by atoms with Gasteiger partial charge in [-0.2, -0.15) is 0 Å². The Bertz CT molecular complexity index is 325. The Hall–Kier alpha value is -0.900. The molecular formula is C14H22O3. The van der Waals surface area contributed by atoms with E-state index in [4.69, 9.17) is 9.78 Å². The molecule has 3 heteroatoms. The van der Waals surface area contributed by atoms with Crippen LogP contribution in [0.3, 0.4) is 0 Å². The molecule has 0 spiro atoms. The molecule has 1 unspecified atom stereocenters. The topological polar surface area (TPSA) is 38.7 Å². The Labute approximate surface area is 103 Å². The molecular weight excluding hydrogens is 216 g/mol. The first-order valence-corrected chi connectivity index (χ1v) is 5.85. The van der Waals surface area contributed by atoms with Crippen LogP contribution in [0.4, 0.5) is 0 Å². The second-order valence-electron chi connectivity index (χ2n) is 5.62. The third-order valence-electron chi connectivity index (χ3n) is 2.11. The van der Waals surface area contributed by atoms with Crippen LogP contribution >= 0.6 is 0 Å². The summed E-state index contributed by atoms with van der Waals surface area (Å²) in [5, 5.41) is 10.2. The van der Waals surface area contributed by atoms with Crippen molar-refractivity contribution in [1.29, 1.82) is 0 Å². The fourth-order valence-electron chi connectivity index (χ4n) is 1.42. The molecule has 1 atom stereocenters. The van der Waals surface area contributed by atoms with Gasteiger partial charge < -0.3 is 5.11 Å². The quantitative estimate of drug-likeness (QED) is 0.633. The van der Waals surface area contributed by atoms with Crippen molar-refractivity contribution in [2.45, 2.75) is 45.3 Å². The first kappa shape index (κ1) is 14.2. The minimum Gasteiger partial charge on any atom is -0.387 e. The number of rotatable bonds is 5. The SMILES string of the molecule is CC(O)(COOC(C)(C)C)Cc1ccccc1. The average molecular weight is 238 g/mol. The molecule has 1 rings (SSSR count). The van der Waals surface area contributed by atoms with E-state index in [9.17, 15) is 5.11 Å². The van der Waals surface area contributed by atoms with E-state index in [0.29, 0.717) is 6.42 Å². The second-order valence-corrected chi connectivity index (χ2v) is 5.62. The molecule has 0 radical (unpaired) electrons. The van der Waals surface area contributed by atoms with E-state index in [1.807, 2.05) is 51.1 Å². The number of aliphatic hydroxyl groups is 1. The Balaban J connectivity index is 2.41. The van der Waals surface area contributed by atoms with Crippen molar-refractivity contribution < 1.29 is 14.9 Å². The highest BCUT2D eigenvalue weighted by atomic mass is 17.2. The summed E-state index contributed by atoms with van der Waals surface area (Å²) in [4.78, 5) is 10.2. The molecule has 0 bridgehead atoms. The molecule has 3 nitrogen and oxygen atoms in total. The van der Waals surface area contributed by atoms with Crippen LogP contribution in [0, 0.1) is 0 Å². The summed E-state index contributed by atoms with van der Waals surface area (Å²) < 4.78 is 0. The van der Waals surface area contributed by atoms with E-state index < -0.39 is 5.60 Å². The summed E-state index contributed by atoms with van der Waals surface area (Å²) in [5.74, 6) is 0. The second kappa shape index (κ2) is 5.63. The van der Waals surface area contributed by atoms with Gasteiger partial charge in [-0.05, 0) is 33.3 Å². The standard InChI is InChI=1S/C14H22O3/c1-13(2,3)17-16-11-14(4,15)10-12-8-6-5-7-9-12/h5-9,15H,10-11H2,1-4H3. The van der Waals surface area contributed by atoms with Gasteiger partial charge in [-0.25, -0.2) is 9.78 Å². The zero-order chi connectivity index (χ0) is 12.9. The van der Waals surface area contributed by atoms with Crippen molar-refractivity contribution >= 4 is 0 Å². The van der Waals surface area contributed by atoms with Crippen LogP contribution in [-0.2, 0) is 16.2 Å². The first-order valence-electron chi connectivity index (χ1n) is 5.85. The van der Waals surface area contributed by atoms with Crippen molar-refractivity contribution in [2.75, 3.05) is 6.61 Å². The van der Waals surface area contributed by atoms with Crippen LogP contribution in [0.1, 0.15) is 33.3 Å². The van der Waals surface area contributed by atoms with Gasteiger partial charge in [-0.3, -0.25) is 0 Å². The Morgan fingerprint density at radius 1 is 1.06 bits per heavy atom. The zero-order valence-electron chi connectivity index (χ0n) is 11.1. The lowest BCUT2D eigenvalue weighted by Crippen LogP contribution is -2.35. The summed E-state index contributed by atoms with van der Waals surface area (Å²) in [7, 11) is 0. The lowest BCUT2D eigenvalue weighted by atomic mass is 9.98. The van der Waals surface area contributed by atoms with Crippen LogP contribution in [0.2, 0.25) is 0 Å². The Morgan fingerprint density at radius 3 is 2.18 bits per heavy atom. The highest BCUT2D eigenvalue weighted by Gasteiger charge is 2.23. The highest BCUT2D eigenvalue weighted by molar-refractivity contribution is 5.16. The van der Waals surface area contributed by atoms with Gasteiger partial charge in [-0.1, -0.05) is 30.3 Å². The lowest BCUT2D eigenvalue weighted by molar-refractivity contribution is -0.363. The van der Waals surface area contributed by atoms with Gasteiger partial charge in [0.05, 0.1) is 11.2 Å². The minimum absolute atomic E-state index is 0.152. The Morgan fingerprint density at radius 2 is 1.65 bits per heavy atom. The summed E-state index contributed by atoms with van der Waals surface area (Å²) in [6.07, 6.45) is 0.543. The van der Waals surface area contributed by atoms with E-state index in [1.54, 1.807) is 6.92 Å². The minimum atomic E-state index is -0.924. The fourth-order valence-corrected chi connectivity index (χ4v) is 1.42. The van der Waals surface area contributed by atoms with Gasteiger partial charge in [0.25, 0.3) is 0 Å². The van der Waals surface area contributed by atoms with E-state index in [0.717, 1.165) is 5.56 Å². The third-order valence-corrected chi connectivity index (χ3v) is 2.11. The van der Waals surface area contributed by atoms with Gasteiger partial charge in [0.2, 0.25) is 0 Å². The van der Waals surface area contributed by atoms with E-state index in [-0.39, 0.29) is 12.2 Å². The number of hydrogen-bond donors (Lipinski definition) is 1. The van der Waals surface area contributed by atoms with Crippen molar-refractivity contribution in [3.63, 3.8) is 0 Å². The molecule has 0 aliphatic rings. The molecule has 0 fully saturated rings. The average Bonchev–Trinajstić information content (AvgIpc) is 2.15. The summed E-state index contributed by atoms with van der Waals surface area (Å²) in [5.41, 5.74) is -0.202. The predicted octanol–water partition coefficient (Wildman–Crippen LogP) is 2.73. The van der Waals surface area contributed by atoms with E-state index >= 15 is 0 Å². The molecule has 0 aromatic heterocycles. The van der Waals surface area contributed by atoms with Gasteiger partial charge in [0, 0.05) is 6.42 Å². The Kier molecular flexibility index (Phi) is 4.69. The van der Waals surface area contributed by atoms with Gasteiger partial charge in [0.15, 0.2) is 0 Å². The van der Waals surface area contributed by atoms with Crippen molar-refractivity contribution in [1.82, 2.24) is 0 Å². The molecule has 17 heavy (non-hydrogen) atoms. The number of hydrogen-bond acceptors (Lipinski definition) is 3. The zero-order valence-corrected chi connectivity index (χ0v) is 11.1. The molecule has 1 aromatic carbocycles. The summed E-state index contributed by atoms with van der Waals surface area (Å²) >= 11 is 0. The van der Waals surface area contributed by atoms with Crippen molar-refractivity contribution in [3.8, 4) is 0 Å². The maximum Gasteiger partial charge on any atom is 0.111 e. The van der Waals surface area contributed by atoms with Crippen LogP contribution in [-0.4, -0.2) is 22.9 Å². The third kappa shape index (κ3) is 6.41. The molecule has 1 aromatic rings. The molecule has 0 saturated carbocycles. The monoisotopic (exact) mass is 238 g/mol. The highest BCUT2D eigenvalue weighted by Crippen LogP contribution is 2.15. The van der Waals surface area contributed by atoms with Crippen molar-refractivity contribution in [3.05, 3.63) is 35.9 Å². The van der Waals surface area contributed by atoms with Crippen molar-refractivity contribution in [2.24, 2.45) is 0 Å². The van der Waals surface area contributed by atoms with E-state index in [1.165, 1.54) is 0 Å². The van der Waals surface area contributed by atoms with Gasteiger partial charge in [0.1, 0.15) is 6.61 Å². The molecule has 0 aliphatic heterocycles. The largest absolute Gasteiger partial charge is 0.387 e. The predicted molar refractivity (Wildman–Crippen MR) is 67.6 cm³/mol. The maximum absolute atomic E-state index is 10.2. The molecule has 0 amide bonds. The van der Waals surface area contributed by atoms with Gasteiger partial charge >= 0.3 is 0 Å². The fraction of sp³-hybridized carbons (Fsp3) is 0.571. The summed E-state index contributed by atoms with van der Waals surface area (Å²) in [6.45, 7) is 7.60. The lowest BCUT2D eigenvalue weighted by Gasteiger charge is -2.25. The van der Waals surface area contributed by atoms with Crippen LogP contribution in [0.25, 0.3) is 0 Å². The van der Waals surface area contributed by atoms with E-state index in [2.05, 4.69) is 0 Å². The normalized spacial score (nSPS) is 15.6.